The second kappa shape index (κ2) is 17.2. The first-order chi connectivity index (χ1) is 25.1. The van der Waals surface area contributed by atoms with Crippen LogP contribution in [0.1, 0.15) is 38.8 Å². The van der Waals surface area contributed by atoms with Crippen LogP contribution >= 0.6 is 23.1 Å². The lowest BCUT2D eigenvalue weighted by Gasteiger charge is -2.34. The molecular formula is C37H44ClN7O6S2. The number of amides is 4. The second-order valence-corrected chi connectivity index (χ2v) is 16.8. The monoisotopic (exact) mass is 781 g/mol. The molecule has 0 radical (unpaired) electrons. The number of halogens is 1. The maximum Gasteiger partial charge on any atom is 0.328 e. The zero-order chi connectivity index (χ0) is 38.4. The van der Waals surface area contributed by atoms with Crippen molar-refractivity contribution in [2.24, 2.45) is 11.8 Å². The van der Waals surface area contributed by atoms with Crippen LogP contribution in [0.3, 0.4) is 0 Å². The molecule has 16 heteroatoms. The number of aromatic nitrogens is 2. The molecule has 1 aliphatic rings. The van der Waals surface area contributed by atoms with E-state index >= 15 is 0 Å². The maximum absolute atomic E-state index is 14.2. The van der Waals surface area contributed by atoms with Gasteiger partial charge < -0.3 is 21.1 Å². The summed E-state index contributed by atoms with van der Waals surface area (Å²) in [5.41, 5.74) is 9.12. The van der Waals surface area contributed by atoms with Crippen molar-refractivity contribution in [1.82, 2.24) is 29.0 Å². The molecule has 0 spiro atoms. The molecule has 5 rings (SSSR count). The van der Waals surface area contributed by atoms with Gasteiger partial charge in [0.1, 0.15) is 18.3 Å². The third-order valence-electron chi connectivity index (χ3n) is 8.92. The molecule has 4 aromatic rings. The molecule has 4 amide bonds. The van der Waals surface area contributed by atoms with Crippen LogP contribution in [0.4, 0.5) is 10.5 Å². The maximum atomic E-state index is 14.2. The first kappa shape index (κ1) is 39.8. The normalized spacial score (nSPS) is 15.4. The van der Waals surface area contributed by atoms with Gasteiger partial charge in [-0.15, -0.1) is 5.10 Å². The van der Waals surface area contributed by atoms with Gasteiger partial charge in [0.15, 0.2) is 0 Å². The average molecular weight is 782 g/mol. The lowest BCUT2D eigenvalue weighted by molar-refractivity contribution is -0.129. The minimum absolute atomic E-state index is 0.0188. The zero-order valence-corrected chi connectivity index (χ0v) is 32.3. The van der Waals surface area contributed by atoms with Crippen LogP contribution in [0.25, 0.3) is 11.3 Å². The highest BCUT2D eigenvalue weighted by Crippen LogP contribution is 2.27. The third kappa shape index (κ3) is 9.58. The summed E-state index contributed by atoms with van der Waals surface area (Å²) in [4.78, 5) is 43.5. The van der Waals surface area contributed by atoms with Gasteiger partial charge in [-0.2, -0.15) is 4.31 Å². The van der Waals surface area contributed by atoms with Crippen molar-refractivity contribution >= 4 is 56.7 Å². The molecule has 3 atom stereocenters. The summed E-state index contributed by atoms with van der Waals surface area (Å²) in [6, 6.07) is 17.9. The minimum Gasteiger partial charge on any atom is -0.397 e. The van der Waals surface area contributed by atoms with Crippen LogP contribution in [-0.4, -0.2) is 92.9 Å². The van der Waals surface area contributed by atoms with Gasteiger partial charge >= 0.3 is 6.03 Å². The fraction of sp³-hybridized carbons (Fsp3) is 0.378. The Morgan fingerprint density at radius 1 is 1.02 bits per heavy atom. The Kier molecular flexibility index (Phi) is 12.9. The number of rotatable bonds is 16. The number of carbonyl (C=O) groups excluding carboxylic acids is 3. The molecule has 1 aliphatic heterocycles. The van der Waals surface area contributed by atoms with E-state index in [4.69, 9.17) is 17.3 Å². The molecule has 0 bridgehead atoms. The minimum atomic E-state index is -4.15. The molecule has 0 saturated carbocycles. The molecule has 2 heterocycles. The summed E-state index contributed by atoms with van der Waals surface area (Å²) in [5.74, 6) is -1.54. The first-order valence-electron chi connectivity index (χ1n) is 17.2. The molecule has 1 aromatic heterocycles. The summed E-state index contributed by atoms with van der Waals surface area (Å²) < 4.78 is 32.8. The number of imide groups is 1. The number of nitrogens with two attached hydrogens (primary N) is 1. The highest BCUT2D eigenvalue weighted by atomic mass is 35.5. The predicted molar refractivity (Wildman–Crippen MR) is 204 cm³/mol. The van der Waals surface area contributed by atoms with E-state index in [1.165, 1.54) is 38.9 Å². The van der Waals surface area contributed by atoms with Gasteiger partial charge in [0.05, 0.1) is 34.3 Å². The third-order valence-corrected chi connectivity index (χ3v) is 11.6. The van der Waals surface area contributed by atoms with Crippen molar-refractivity contribution in [3.05, 3.63) is 94.3 Å². The number of carbonyl (C=O) groups is 3. The zero-order valence-electron chi connectivity index (χ0n) is 29.9. The molecule has 4 N–H and O–H groups in total. The summed E-state index contributed by atoms with van der Waals surface area (Å²) in [6.07, 6.45) is -1.21. The number of nitrogen functional groups attached to an aromatic ring is 1. The fourth-order valence-electron chi connectivity index (χ4n) is 6.26. The number of aliphatic hydroxyl groups is 1. The average Bonchev–Trinajstić information content (AvgIpc) is 3.74. The van der Waals surface area contributed by atoms with Gasteiger partial charge in [-0.3, -0.25) is 14.5 Å². The van der Waals surface area contributed by atoms with Crippen molar-refractivity contribution in [3.63, 3.8) is 0 Å². The van der Waals surface area contributed by atoms with E-state index in [-0.39, 0.29) is 54.1 Å². The highest BCUT2D eigenvalue weighted by molar-refractivity contribution is 7.89. The van der Waals surface area contributed by atoms with Crippen molar-refractivity contribution < 1.29 is 27.9 Å². The number of sulfonamides is 1. The molecule has 53 heavy (non-hydrogen) atoms. The lowest BCUT2D eigenvalue weighted by Crippen LogP contribution is -2.57. The summed E-state index contributed by atoms with van der Waals surface area (Å²) in [7, 11) is -4.15. The highest BCUT2D eigenvalue weighted by Gasteiger charge is 2.44. The number of nitrogens with one attached hydrogen (secondary N) is 1. The van der Waals surface area contributed by atoms with Gasteiger partial charge in [-0.1, -0.05) is 98.4 Å². The number of aliphatic hydroxyl groups excluding tert-OH is 1. The number of benzene rings is 3. The smallest absolute Gasteiger partial charge is 0.328 e. The molecular weight excluding hydrogens is 738 g/mol. The van der Waals surface area contributed by atoms with Crippen LogP contribution in [0, 0.1) is 11.8 Å². The Hall–Kier alpha value is -4.41. The summed E-state index contributed by atoms with van der Waals surface area (Å²) >= 11 is 7.30. The quantitative estimate of drug-likeness (QED) is 0.108. The molecule has 282 valence electrons. The Morgan fingerprint density at radius 2 is 1.72 bits per heavy atom. The van der Waals surface area contributed by atoms with Gasteiger partial charge in [-0.05, 0) is 59.1 Å². The molecule has 1 fully saturated rings. The van der Waals surface area contributed by atoms with Crippen LogP contribution in [0.2, 0.25) is 5.02 Å². The van der Waals surface area contributed by atoms with E-state index in [0.29, 0.717) is 0 Å². The summed E-state index contributed by atoms with van der Waals surface area (Å²) in [6.45, 7) is 6.71. The van der Waals surface area contributed by atoms with Gasteiger partial charge in [0.25, 0.3) is 5.91 Å². The Labute approximate surface area is 319 Å². The van der Waals surface area contributed by atoms with Crippen LogP contribution in [0.15, 0.2) is 83.1 Å². The second-order valence-electron chi connectivity index (χ2n) is 13.8. The Bertz CT molecular complexity index is 2000. The molecule has 1 saturated heterocycles. The van der Waals surface area contributed by atoms with Crippen molar-refractivity contribution in [3.8, 4) is 11.3 Å². The van der Waals surface area contributed by atoms with E-state index in [2.05, 4.69) is 14.9 Å². The summed E-state index contributed by atoms with van der Waals surface area (Å²) in [5, 5.41) is 20.8. The SMILES string of the molecule is CC(C)CN(C[C@H](O)C(Cc1ccccc1)NC(=O)[C@H](C(C)C)N1CC(=O)N(Cc2ccc(-c3csnn3)cc2)C1=O)S(=O)(=O)c1ccc(Cl)c(N)c1. The van der Waals surface area contributed by atoms with Crippen LogP contribution in [0.5, 0.6) is 0 Å². The topological polar surface area (TPSA) is 179 Å². The lowest BCUT2D eigenvalue weighted by atomic mass is 9.97. The molecule has 13 nitrogen and oxygen atoms in total. The van der Waals surface area contributed by atoms with Gasteiger partial charge in [0.2, 0.25) is 15.9 Å². The molecule has 0 aliphatic carbocycles. The van der Waals surface area contributed by atoms with Gasteiger partial charge in [0, 0.05) is 24.0 Å². The number of hydrogen-bond acceptors (Lipinski definition) is 10. The van der Waals surface area contributed by atoms with E-state index in [9.17, 15) is 27.9 Å². The first-order valence-corrected chi connectivity index (χ1v) is 19.9. The number of urea groups is 1. The van der Waals surface area contributed by atoms with E-state index in [0.717, 1.165) is 27.3 Å². The van der Waals surface area contributed by atoms with Gasteiger partial charge in [-0.25, -0.2) is 13.2 Å². The standard InChI is InChI=1S/C37H44ClN7O6S2/c1-23(2)18-43(53(50,51)28-14-15-29(38)30(39)17-28)20-33(46)31(16-25-8-6-5-7-9-25)40-36(48)35(24(3)4)45-21-34(47)44(37(45)49)19-26-10-12-27(13-11-26)32-22-52-42-41-32/h5-15,17,22-24,31,33,35,46H,16,18-21,39H2,1-4H3,(H,40,48)/t31?,33-,35-/m0/s1. The predicted octanol–water partition coefficient (Wildman–Crippen LogP) is 4.66. The van der Waals surface area contributed by atoms with E-state index in [1.54, 1.807) is 13.8 Å². The van der Waals surface area contributed by atoms with Crippen molar-refractivity contribution in [2.75, 3.05) is 25.4 Å². The molecule has 1 unspecified atom stereocenters. The van der Waals surface area contributed by atoms with Crippen LogP contribution in [-0.2, 0) is 32.6 Å². The van der Waals surface area contributed by atoms with Crippen molar-refractivity contribution in [1.29, 1.82) is 0 Å². The number of anilines is 1. The largest absolute Gasteiger partial charge is 0.397 e. The van der Waals surface area contributed by atoms with E-state index < -0.39 is 52.0 Å². The Morgan fingerprint density at radius 3 is 2.32 bits per heavy atom. The van der Waals surface area contributed by atoms with E-state index in [1.807, 2.05) is 73.8 Å². The fourth-order valence-corrected chi connectivity index (χ4v) is 8.50. The molecule has 3 aromatic carbocycles. The Balaban J connectivity index is 1.36. The van der Waals surface area contributed by atoms with Crippen molar-refractivity contribution in [2.45, 2.75) is 63.7 Å². The van der Waals surface area contributed by atoms with Crippen LogP contribution < -0.4 is 11.1 Å². The number of hydrogen-bond donors (Lipinski definition) is 3. The number of nitrogens with zero attached hydrogens (tertiary/aromatic N) is 5.